The smallest absolute Gasteiger partial charge is 0.289 e. The van der Waals surface area contributed by atoms with Crippen molar-refractivity contribution >= 4 is 46.1 Å². The number of amides is 3. The van der Waals surface area contributed by atoms with E-state index in [9.17, 15) is 14.4 Å². The first-order chi connectivity index (χ1) is 11.5. The molecule has 1 aliphatic rings. The van der Waals surface area contributed by atoms with Crippen molar-refractivity contribution in [1.82, 2.24) is 4.90 Å². The van der Waals surface area contributed by atoms with E-state index in [-0.39, 0.29) is 29.4 Å². The Bertz CT molecular complexity index is 809. The molecule has 0 spiro atoms. The monoisotopic (exact) mass is 360 g/mol. The number of benzene rings is 2. The molecule has 3 amide bonds. The molecular weight excluding hydrogens is 348 g/mol. The highest BCUT2D eigenvalue weighted by atomic mass is 35.5. The maximum atomic E-state index is 12.3. The highest BCUT2D eigenvalue weighted by Gasteiger charge is 2.29. The zero-order valence-electron chi connectivity index (χ0n) is 12.5. The highest BCUT2D eigenvalue weighted by Crippen LogP contribution is 2.22. The van der Waals surface area contributed by atoms with Gasteiger partial charge in [0.05, 0.1) is 12.3 Å². The molecule has 1 heterocycles. The van der Waals surface area contributed by atoms with Crippen molar-refractivity contribution in [2.75, 3.05) is 11.1 Å². The maximum Gasteiger partial charge on any atom is 0.289 e. The van der Waals surface area contributed by atoms with E-state index in [1.807, 2.05) is 0 Å². The van der Waals surface area contributed by atoms with Gasteiger partial charge in [0.1, 0.15) is 0 Å². The summed E-state index contributed by atoms with van der Waals surface area (Å²) < 4.78 is 0. The molecule has 5 nitrogen and oxygen atoms in total. The van der Waals surface area contributed by atoms with Crippen molar-refractivity contribution in [1.29, 1.82) is 0 Å². The van der Waals surface area contributed by atoms with Crippen LogP contribution in [0.2, 0.25) is 5.02 Å². The lowest BCUT2D eigenvalue weighted by molar-refractivity contribution is -0.125. The summed E-state index contributed by atoms with van der Waals surface area (Å²) in [5, 5.41) is 3.04. The predicted octanol–water partition coefficient (Wildman–Crippen LogP) is 3.79. The van der Waals surface area contributed by atoms with Crippen LogP contribution in [0.4, 0.5) is 10.5 Å². The Labute approximate surface area is 148 Å². The zero-order chi connectivity index (χ0) is 17.1. The van der Waals surface area contributed by atoms with E-state index in [1.54, 1.807) is 48.5 Å². The average Bonchev–Trinajstić information content (AvgIpc) is 2.87. The normalized spacial score (nSPS) is 14.1. The summed E-state index contributed by atoms with van der Waals surface area (Å²) in [7, 11) is 0. The molecular formula is C17H13ClN2O3S. The van der Waals surface area contributed by atoms with E-state index in [4.69, 9.17) is 11.6 Å². The van der Waals surface area contributed by atoms with Crippen LogP contribution >= 0.6 is 23.4 Å². The van der Waals surface area contributed by atoms with Gasteiger partial charge < -0.3 is 5.32 Å². The molecule has 24 heavy (non-hydrogen) atoms. The van der Waals surface area contributed by atoms with Gasteiger partial charge in [0.2, 0.25) is 5.91 Å². The number of nitrogens with zero attached hydrogens (tertiary/aromatic N) is 1. The van der Waals surface area contributed by atoms with Crippen LogP contribution in [0.15, 0.2) is 48.5 Å². The highest BCUT2D eigenvalue weighted by molar-refractivity contribution is 8.14. The summed E-state index contributed by atoms with van der Waals surface area (Å²) in [5.41, 5.74) is 1.76. The quantitative estimate of drug-likeness (QED) is 0.900. The molecule has 1 aliphatic heterocycles. The van der Waals surface area contributed by atoms with Gasteiger partial charge in [0, 0.05) is 16.3 Å². The Morgan fingerprint density at radius 2 is 1.96 bits per heavy atom. The topological polar surface area (TPSA) is 66.5 Å². The van der Waals surface area contributed by atoms with E-state index in [0.29, 0.717) is 16.3 Å². The lowest BCUT2D eigenvalue weighted by atomic mass is 10.1. The van der Waals surface area contributed by atoms with E-state index in [2.05, 4.69) is 5.32 Å². The third-order valence-corrected chi connectivity index (χ3v) is 4.55. The van der Waals surface area contributed by atoms with Gasteiger partial charge >= 0.3 is 0 Å². The van der Waals surface area contributed by atoms with Gasteiger partial charge in [-0.1, -0.05) is 41.6 Å². The second-order valence-electron chi connectivity index (χ2n) is 5.20. The third kappa shape index (κ3) is 3.77. The molecule has 0 saturated carbocycles. The first kappa shape index (κ1) is 16.5. The van der Waals surface area contributed by atoms with Crippen molar-refractivity contribution in [2.24, 2.45) is 0 Å². The van der Waals surface area contributed by atoms with Crippen LogP contribution < -0.4 is 5.32 Å². The van der Waals surface area contributed by atoms with Crippen molar-refractivity contribution in [2.45, 2.75) is 6.54 Å². The van der Waals surface area contributed by atoms with Crippen LogP contribution in [0.1, 0.15) is 15.9 Å². The summed E-state index contributed by atoms with van der Waals surface area (Å²) in [6.07, 6.45) is 0. The molecule has 2 aromatic carbocycles. The fourth-order valence-electron chi connectivity index (χ4n) is 2.30. The largest absolute Gasteiger partial charge is 0.322 e. The number of halogens is 1. The van der Waals surface area contributed by atoms with Gasteiger partial charge in [-0.3, -0.25) is 19.3 Å². The first-order valence-corrected chi connectivity index (χ1v) is 8.52. The Kier molecular flexibility index (Phi) is 4.87. The fourth-order valence-corrected chi connectivity index (χ4v) is 3.21. The number of hydrogen-bond donors (Lipinski definition) is 1. The van der Waals surface area contributed by atoms with Crippen LogP contribution in [0.5, 0.6) is 0 Å². The van der Waals surface area contributed by atoms with Gasteiger partial charge in [0.25, 0.3) is 11.1 Å². The molecule has 3 rings (SSSR count). The summed E-state index contributed by atoms with van der Waals surface area (Å²) in [6, 6.07) is 13.7. The zero-order valence-corrected chi connectivity index (χ0v) is 14.1. The third-order valence-electron chi connectivity index (χ3n) is 3.45. The number of rotatable bonds is 4. The van der Waals surface area contributed by atoms with Crippen LogP contribution in [0.3, 0.4) is 0 Å². The number of thioether (sulfide) groups is 1. The summed E-state index contributed by atoms with van der Waals surface area (Å²) >= 11 is 6.89. The Hall–Kier alpha value is -2.31. The lowest BCUT2D eigenvalue weighted by Gasteiger charge is -2.13. The second kappa shape index (κ2) is 7.07. The fraction of sp³-hybridized carbons (Fsp3) is 0.118. The van der Waals surface area contributed by atoms with E-state index in [1.165, 1.54) is 4.90 Å². The van der Waals surface area contributed by atoms with Gasteiger partial charge in [-0.15, -0.1) is 0 Å². The van der Waals surface area contributed by atoms with Crippen molar-refractivity contribution in [3.05, 3.63) is 64.7 Å². The minimum atomic E-state index is -0.285. The molecule has 0 aromatic heterocycles. The molecule has 0 bridgehead atoms. The molecule has 1 saturated heterocycles. The summed E-state index contributed by atoms with van der Waals surface area (Å²) in [5.74, 6) is -0.320. The molecule has 2 aromatic rings. The average molecular weight is 361 g/mol. The van der Waals surface area contributed by atoms with Crippen molar-refractivity contribution in [3.63, 3.8) is 0 Å². The van der Waals surface area contributed by atoms with Crippen molar-refractivity contribution < 1.29 is 14.4 Å². The molecule has 122 valence electrons. The molecule has 1 N–H and O–H groups in total. The summed E-state index contributed by atoms with van der Waals surface area (Å²) in [4.78, 5) is 36.9. The Morgan fingerprint density at radius 3 is 2.67 bits per heavy atom. The molecule has 1 fully saturated rings. The number of hydrogen-bond acceptors (Lipinski definition) is 4. The van der Waals surface area contributed by atoms with Crippen LogP contribution in [0, 0.1) is 0 Å². The molecule has 0 radical (unpaired) electrons. The van der Waals surface area contributed by atoms with Gasteiger partial charge in [-0.25, -0.2) is 0 Å². The molecule has 7 heteroatoms. The Morgan fingerprint density at radius 1 is 1.17 bits per heavy atom. The summed E-state index contributed by atoms with van der Waals surface area (Å²) in [6.45, 7) is 0.170. The predicted molar refractivity (Wildman–Crippen MR) is 94.3 cm³/mol. The number of anilines is 1. The van der Waals surface area contributed by atoms with Crippen LogP contribution in [-0.2, 0) is 11.3 Å². The standard InChI is InChI=1S/C17H13ClN2O3S/c18-13-5-2-6-14(8-13)19-16(22)12-4-1-3-11(7-12)9-20-15(21)10-24-17(20)23/h1-8H,9-10H2,(H,19,22). The van der Waals surface area contributed by atoms with Crippen molar-refractivity contribution in [3.8, 4) is 0 Å². The molecule has 0 atom stereocenters. The van der Waals surface area contributed by atoms with Gasteiger partial charge in [-0.2, -0.15) is 0 Å². The minimum absolute atomic E-state index is 0.170. The number of nitrogens with one attached hydrogen (secondary N) is 1. The van der Waals surface area contributed by atoms with E-state index >= 15 is 0 Å². The number of imide groups is 1. The first-order valence-electron chi connectivity index (χ1n) is 7.16. The number of carbonyl (C=O) groups excluding carboxylic acids is 3. The maximum absolute atomic E-state index is 12.3. The second-order valence-corrected chi connectivity index (χ2v) is 6.56. The van der Waals surface area contributed by atoms with Crippen LogP contribution in [0.25, 0.3) is 0 Å². The van der Waals surface area contributed by atoms with Gasteiger partial charge in [0.15, 0.2) is 0 Å². The van der Waals surface area contributed by atoms with E-state index < -0.39 is 0 Å². The minimum Gasteiger partial charge on any atom is -0.322 e. The lowest BCUT2D eigenvalue weighted by Crippen LogP contribution is -2.28. The SMILES string of the molecule is O=C(Nc1cccc(Cl)c1)c1cccc(CN2C(=O)CSC2=O)c1. The molecule has 0 aliphatic carbocycles. The van der Waals surface area contributed by atoms with Gasteiger partial charge in [-0.05, 0) is 35.9 Å². The van der Waals surface area contributed by atoms with E-state index in [0.717, 1.165) is 17.3 Å². The Balaban J connectivity index is 1.74. The number of carbonyl (C=O) groups is 3. The van der Waals surface area contributed by atoms with Crippen LogP contribution in [-0.4, -0.2) is 27.7 Å². The molecule has 0 unspecified atom stereocenters.